The first-order valence-corrected chi connectivity index (χ1v) is 8.22. The van der Waals surface area contributed by atoms with Crippen molar-refractivity contribution in [3.05, 3.63) is 22.9 Å². The second-order valence-corrected chi connectivity index (χ2v) is 6.85. The van der Waals surface area contributed by atoms with Crippen molar-refractivity contribution in [3.8, 4) is 0 Å². The van der Waals surface area contributed by atoms with Crippen LogP contribution in [0.15, 0.2) is 14.2 Å². The summed E-state index contributed by atoms with van der Waals surface area (Å²) >= 11 is 0.759. The van der Waals surface area contributed by atoms with E-state index in [1.165, 1.54) is 5.51 Å². The number of nitrogens with one attached hydrogen (secondary N) is 1. The van der Waals surface area contributed by atoms with E-state index < -0.39 is 21.7 Å². The van der Waals surface area contributed by atoms with Gasteiger partial charge in [0.2, 0.25) is 5.89 Å². The van der Waals surface area contributed by atoms with Crippen molar-refractivity contribution in [3.63, 3.8) is 0 Å². The number of hydrogen-bond acceptors (Lipinski definition) is 8. The minimum Gasteiger partial charge on any atom is -0.476 e. The predicted molar refractivity (Wildman–Crippen MR) is 71.6 cm³/mol. The first-order chi connectivity index (χ1) is 9.90. The number of carboxylic acids is 1. The molecular formula is C10H12N4O5S2. The molecule has 9 nitrogen and oxygen atoms in total. The van der Waals surface area contributed by atoms with Crippen molar-refractivity contribution in [1.82, 2.24) is 19.8 Å². The number of aromatic carboxylic acids is 1. The SMILES string of the molecule is Cc1noc(CCCNS(=O)(=O)c2scnc2C(=O)O)n1. The molecule has 0 saturated carbocycles. The molecule has 0 spiro atoms. The van der Waals surface area contributed by atoms with E-state index in [4.69, 9.17) is 9.63 Å². The number of hydrogen-bond donors (Lipinski definition) is 2. The molecule has 0 aromatic carbocycles. The highest BCUT2D eigenvalue weighted by atomic mass is 32.2. The smallest absolute Gasteiger partial charge is 0.356 e. The average molecular weight is 332 g/mol. The first-order valence-electron chi connectivity index (χ1n) is 5.86. The van der Waals surface area contributed by atoms with Gasteiger partial charge in [-0.15, -0.1) is 11.3 Å². The second-order valence-electron chi connectivity index (χ2n) is 4.03. The summed E-state index contributed by atoms with van der Waals surface area (Å²) in [6, 6.07) is 0. The van der Waals surface area contributed by atoms with Crippen LogP contribution in [-0.4, -0.2) is 41.2 Å². The predicted octanol–water partition coefficient (Wildman–Crippen LogP) is 0.444. The fraction of sp³-hybridized carbons (Fsp3) is 0.400. The lowest BCUT2D eigenvalue weighted by Gasteiger charge is -2.04. The van der Waals surface area contributed by atoms with Gasteiger partial charge in [0.05, 0.1) is 5.51 Å². The third kappa shape index (κ3) is 3.83. The minimum absolute atomic E-state index is 0.126. The molecule has 0 fully saturated rings. The molecule has 0 saturated heterocycles. The third-order valence-electron chi connectivity index (χ3n) is 2.41. The summed E-state index contributed by atoms with van der Waals surface area (Å²) in [5.41, 5.74) is 0.708. The maximum Gasteiger partial charge on any atom is 0.356 e. The molecular weight excluding hydrogens is 320 g/mol. The molecule has 0 radical (unpaired) electrons. The largest absolute Gasteiger partial charge is 0.476 e. The van der Waals surface area contributed by atoms with Gasteiger partial charge in [0.1, 0.15) is 0 Å². The molecule has 0 unspecified atom stereocenters. The van der Waals surface area contributed by atoms with Gasteiger partial charge >= 0.3 is 5.97 Å². The monoisotopic (exact) mass is 332 g/mol. The van der Waals surface area contributed by atoms with Crippen molar-refractivity contribution in [2.75, 3.05) is 6.54 Å². The van der Waals surface area contributed by atoms with Gasteiger partial charge in [0, 0.05) is 13.0 Å². The van der Waals surface area contributed by atoms with Crippen LogP contribution >= 0.6 is 11.3 Å². The van der Waals surface area contributed by atoms with E-state index in [1.807, 2.05) is 0 Å². The molecule has 2 aromatic rings. The van der Waals surface area contributed by atoms with Gasteiger partial charge in [-0.3, -0.25) is 0 Å². The number of aromatic nitrogens is 3. The van der Waals surface area contributed by atoms with Crippen molar-refractivity contribution in [2.45, 2.75) is 24.0 Å². The quantitative estimate of drug-likeness (QED) is 0.697. The maximum atomic E-state index is 12.0. The zero-order valence-electron chi connectivity index (χ0n) is 10.9. The Morgan fingerprint density at radius 2 is 2.29 bits per heavy atom. The fourth-order valence-corrected chi connectivity index (χ4v) is 3.78. The van der Waals surface area contributed by atoms with Crippen molar-refractivity contribution < 1.29 is 22.8 Å². The highest BCUT2D eigenvalue weighted by Crippen LogP contribution is 2.19. The molecule has 0 atom stereocenters. The highest BCUT2D eigenvalue weighted by Gasteiger charge is 2.25. The van der Waals surface area contributed by atoms with E-state index in [2.05, 4.69) is 19.8 Å². The highest BCUT2D eigenvalue weighted by molar-refractivity contribution is 7.91. The van der Waals surface area contributed by atoms with Crippen LogP contribution < -0.4 is 4.72 Å². The van der Waals surface area contributed by atoms with Gasteiger partial charge in [-0.2, -0.15) is 4.98 Å². The lowest BCUT2D eigenvalue weighted by molar-refractivity contribution is 0.0687. The zero-order valence-corrected chi connectivity index (χ0v) is 12.6. The van der Waals surface area contributed by atoms with Crippen molar-refractivity contribution in [2.24, 2.45) is 0 Å². The minimum atomic E-state index is -3.88. The zero-order chi connectivity index (χ0) is 15.5. The van der Waals surface area contributed by atoms with Crippen LogP contribution in [0.5, 0.6) is 0 Å². The number of aryl methyl sites for hydroxylation is 2. The van der Waals surface area contributed by atoms with Crippen molar-refractivity contribution >= 4 is 27.3 Å². The van der Waals surface area contributed by atoms with Crippen LogP contribution in [0.1, 0.15) is 28.6 Å². The maximum absolute atomic E-state index is 12.0. The summed E-state index contributed by atoms with van der Waals surface area (Å²) in [7, 11) is -3.88. The first kappa shape index (κ1) is 15.5. The van der Waals surface area contributed by atoms with E-state index in [1.54, 1.807) is 6.92 Å². The Morgan fingerprint density at radius 1 is 1.52 bits per heavy atom. The van der Waals surface area contributed by atoms with Crippen LogP contribution in [0.4, 0.5) is 0 Å². The molecule has 0 aliphatic carbocycles. The molecule has 11 heteroatoms. The van der Waals surface area contributed by atoms with Gasteiger partial charge < -0.3 is 9.63 Å². The molecule has 2 heterocycles. The lowest BCUT2D eigenvalue weighted by Crippen LogP contribution is -2.26. The number of carbonyl (C=O) groups is 1. The van der Waals surface area contributed by atoms with Gasteiger partial charge in [-0.1, -0.05) is 5.16 Å². The summed E-state index contributed by atoms with van der Waals surface area (Å²) < 4.78 is 30.9. The van der Waals surface area contributed by atoms with Gasteiger partial charge in [-0.05, 0) is 13.3 Å². The Bertz CT molecular complexity index is 736. The number of sulfonamides is 1. The summed E-state index contributed by atoms with van der Waals surface area (Å²) in [4.78, 5) is 18.4. The van der Waals surface area contributed by atoms with Gasteiger partial charge in [-0.25, -0.2) is 22.9 Å². The van der Waals surface area contributed by atoms with Crippen LogP contribution in [0.2, 0.25) is 0 Å². The topological polar surface area (TPSA) is 135 Å². The van der Waals surface area contributed by atoms with E-state index >= 15 is 0 Å². The standard InChI is InChI=1S/C10H12N4O5S2/c1-6-13-7(19-14-6)3-2-4-12-21(17,18)10-8(9(15)16)11-5-20-10/h5,12H,2-4H2,1H3,(H,15,16). The third-order valence-corrected chi connectivity index (χ3v) is 5.24. The second kappa shape index (κ2) is 6.28. The molecule has 0 aliphatic rings. The molecule has 0 aliphatic heterocycles. The average Bonchev–Trinajstić information content (AvgIpc) is 3.03. The molecule has 0 bridgehead atoms. The van der Waals surface area contributed by atoms with Crippen LogP contribution in [0, 0.1) is 6.92 Å². The summed E-state index contributed by atoms with van der Waals surface area (Å²) in [6.07, 6.45) is 0.875. The summed E-state index contributed by atoms with van der Waals surface area (Å²) in [5, 5.41) is 12.5. The number of nitrogens with zero attached hydrogens (tertiary/aromatic N) is 3. The molecule has 2 rings (SSSR count). The van der Waals surface area contributed by atoms with Crippen LogP contribution in [0.3, 0.4) is 0 Å². The summed E-state index contributed by atoms with van der Waals surface area (Å²) in [5.74, 6) is -0.435. The van der Waals surface area contributed by atoms with Crippen molar-refractivity contribution in [1.29, 1.82) is 0 Å². The lowest BCUT2D eigenvalue weighted by atomic mass is 10.3. The number of carboxylic acid groups (broad SMARTS) is 1. The number of thiazole rings is 1. The fourth-order valence-electron chi connectivity index (χ4n) is 1.52. The van der Waals surface area contributed by atoms with E-state index in [0.717, 1.165) is 11.3 Å². The van der Waals surface area contributed by atoms with E-state index in [0.29, 0.717) is 24.6 Å². The van der Waals surface area contributed by atoms with E-state index in [9.17, 15) is 13.2 Å². The molecule has 21 heavy (non-hydrogen) atoms. The Labute approximate surface area is 124 Å². The molecule has 114 valence electrons. The molecule has 2 N–H and O–H groups in total. The van der Waals surface area contributed by atoms with Crippen LogP contribution in [-0.2, 0) is 16.4 Å². The van der Waals surface area contributed by atoms with E-state index in [-0.39, 0.29) is 10.8 Å². The summed E-state index contributed by atoms with van der Waals surface area (Å²) in [6.45, 7) is 1.81. The Balaban J connectivity index is 1.92. The van der Waals surface area contributed by atoms with Gasteiger partial charge in [0.15, 0.2) is 15.7 Å². The Kier molecular flexibility index (Phi) is 4.65. The molecule has 0 amide bonds. The Morgan fingerprint density at radius 3 is 2.90 bits per heavy atom. The van der Waals surface area contributed by atoms with Gasteiger partial charge in [0.25, 0.3) is 10.0 Å². The number of rotatable bonds is 7. The Hall–Kier alpha value is -1.85. The molecule has 2 aromatic heterocycles. The van der Waals surface area contributed by atoms with Crippen LogP contribution in [0.25, 0.3) is 0 Å². The normalized spacial score (nSPS) is 11.7.